The Balaban J connectivity index is 2.39. The molecule has 94 valence electrons. The maximum absolute atomic E-state index is 5.88. The summed E-state index contributed by atoms with van der Waals surface area (Å²) in [6.07, 6.45) is 2.62. The van der Waals surface area contributed by atoms with Crippen LogP contribution in [-0.2, 0) is 6.54 Å². The Bertz CT molecular complexity index is 385. The van der Waals surface area contributed by atoms with Gasteiger partial charge in [0.25, 0.3) is 0 Å². The Morgan fingerprint density at radius 1 is 1.41 bits per heavy atom. The van der Waals surface area contributed by atoms with Crippen molar-refractivity contribution >= 4 is 5.69 Å². The molecule has 0 bridgehead atoms. The van der Waals surface area contributed by atoms with Crippen molar-refractivity contribution in [2.75, 3.05) is 11.4 Å². The van der Waals surface area contributed by atoms with E-state index in [9.17, 15) is 0 Å². The van der Waals surface area contributed by atoms with Crippen LogP contribution in [0.15, 0.2) is 18.2 Å². The van der Waals surface area contributed by atoms with E-state index in [1.165, 1.54) is 36.2 Å². The van der Waals surface area contributed by atoms with Crippen LogP contribution in [0.5, 0.6) is 0 Å². The van der Waals surface area contributed by atoms with Gasteiger partial charge < -0.3 is 10.6 Å². The second-order valence-electron chi connectivity index (χ2n) is 5.43. The maximum Gasteiger partial charge on any atom is 0.0444 e. The smallest absolute Gasteiger partial charge is 0.0444 e. The Morgan fingerprint density at radius 2 is 2.18 bits per heavy atom. The first-order chi connectivity index (χ1) is 8.15. The van der Waals surface area contributed by atoms with Gasteiger partial charge in [0.05, 0.1) is 0 Å². The third-order valence-corrected chi connectivity index (χ3v) is 3.90. The molecule has 2 nitrogen and oxygen atoms in total. The van der Waals surface area contributed by atoms with E-state index in [1.54, 1.807) is 0 Å². The highest BCUT2D eigenvalue weighted by molar-refractivity contribution is 5.60. The van der Waals surface area contributed by atoms with Crippen molar-refractivity contribution in [1.82, 2.24) is 0 Å². The second-order valence-corrected chi connectivity index (χ2v) is 5.43. The van der Waals surface area contributed by atoms with Crippen molar-refractivity contribution in [3.8, 4) is 0 Å². The minimum atomic E-state index is 0.637. The molecule has 1 saturated heterocycles. The molecule has 0 spiro atoms. The van der Waals surface area contributed by atoms with Crippen LogP contribution in [0.25, 0.3) is 0 Å². The monoisotopic (exact) mass is 232 g/mol. The highest BCUT2D eigenvalue weighted by Crippen LogP contribution is 2.34. The molecule has 0 aromatic heterocycles. The van der Waals surface area contributed by atoms with Crippen molar-refractivity contribution in [2.24, 2.45) is 11.7 Å². The van der Waals surface area contributed by atoms with Gasteiger partial charge in [-0.3, -0.25) is 0 Å². The van der Waals surface area contributed by atoms with Gasteiger partial charge >= 0.3 is 0 Å². The number of rotatable bonds is 3. The van der Waals surface area contributed by atoms with Crippen LogP contribution in [0.3, 0.4) is 0 Å². The molecule has 1 aliphatic rings. The van der Waals surface area contributed by atoms with Crippen LogP contribution in [0.4, 0.5) is 5.69 Å². The molecule has 17 heavy (non-hydrogen) atoms. The molecule has 1 aliphatic heterocycles. The summed E-state index contributed by atoms with van der Waals surface area (Å²) >= 11 is 0. The van der Waals surface area contributed by atoms with E-state index in [4.69, 9.17) is 5.73 Å². The fraction of sp³-hybridized carbons (Fsp3) is 0.600. The number of aryl methyl sites for hydroxylation is 1. The first-order valence-electron chi connectivity index (χ1n) is 6.70. The normalized spacial score (nSPS) is 20.3. The summed E-state index contributed by atoms with van der Waals surface area (Å²) in [5, 5.41) is 0. The molecule has 0 radical (unpaired) electrons. The van der Waals surface area contributed by atoms with Crippen LogP contribution in [-0.4, -0.2) is 12.6 Å². The van der Waals surface area contributed by atoms with E-state index in [0.717, 1.165) is 0 Å². The minimum Gasteiger partial charge on any atom is -0.368 e. The number of para-hydroxylation sites is 1. The van der Waals surface area contributed by atoms with E-state index < -0.39 is 0 Å². The Kier molecular flexibility index (Phi) is 3.72. The molecule has 1 heterocycles. The van der Waals surface area contributed by atoms with Gasteiger partial charge in [0.2, 0.25) is 0 Å². The lowest BCUT2D eigenvalue weighted by molar-refractivity contribution is 0.491. The summed E-state index contributed by atoms with van der Waals surface area (Å²) < 4.78 is 0. The Hall–Kier alpha value is -1.02. The lowest BCUT2D eigenvalue weighted by Gasteiger charge is -2.32. The summed E-state index contributed by atoms with van der Waals surface area (Å²) in [5.41, 5.74) is 9.93. The molecule has 0 amide bonds. The van der Waals surface area contributed by atoms with Crippen molar-refractivity contribution in [3.63, 3.8) is 0 Å². The number of nitrogens with zero attached hydrogens (tertiary/aromatic N) is 1. The van der Waals surface area contributed by atoms with Gasteiger partial charge in [-0.05, 0) is 36.8 Å². The lowest BCUT2D eigenvalue weighted by Crippen LogP contribution is -2.34. The molecule has 1 atom stereocenters. The largest absolute Gasteiger partial charge is 0.368 e. The van der Waals surface area contributed by atoms with Gasteiger partial charge in [-0.1, -0.05) is 32.0 Å². The zero-order chi connectivity index (χ0) is 12.4. The van der Waals surface area contributed by atoms with E-state index in [0.29, 0.717) is 18.5 Å². The van der Waals surface area contributed by atoms with Crippen molar-refractivity contribution < 1.29 is 0 Å². The number of nitrogens with two attached hydrogens (primary N) is 1. The molecule has 1 unspecified atom stereocenters. The summed E-state index contributed by atoms with van der Waals surface area (Å²) in [7, 11) is 0. The number of benzene rings is 1. The van der Waals surface area contributed by atoms with Crippen LogP contribution >= 0.6 is 0 Å². The number of anilines is 1. The van der Waals surface area contributed by atoms with Crippen LogP contribution in [0.1, 0.15) is 37.8 Å². The average Bonchev–Trinajstić information content (AvgIpc) is 2.77. The molecule has 1 aromatic rings. The molecule has 1 fully saturated rings. The molecule has 2 rings (SSSR count). The highest BCUT2D eigenvalue weighted by Gasteiger charge is 2.29. The zero-order valence-electron chi connectivity index (χ0n) is 11.2. The van der Waals surface area contributed by atoms with Gasteiger partial charge in [-0.2, -0.15) is 0 Å². The van der Waals surface area contributed by atoms with E-state index in [-0.39, 0.29) is 0 Å². The molecule has 2 heteroatoms. The lowest BCUT2D eigenvalue weighted by atomic mass is 9.99. The zero-order valence-corrected chi connectivity index (χ0v) is 11.2. The second kappa shape index (κ2) is 5.09. The molecule has 0 aliphatic carbocycles. The fourth-order valence-electron chi connectivity index (χ4n) is 3.06. The Labute approximate surface area is 105 Å². The van der Waals surface area contributed by atoms with Crippen molar-refractivity contribution in [1.29, 1.82) is 0 Å². The van der Waals surface area contributed by atoms with Gasteiger partial charge in [-0.15, -0.1) is 0 Å². The van der Waals surface area contributed by atoms with E-state index in [1.807, 2.05) is 0 Å². The number of hydrogen-bond acceptors (Lipinski definition) is 2. The summed E-state index contributed by atoms with van der Waals surface area (Å²) in [4.78, 5) is 2.59. The predicted molar refractivity (Wildman–Crippen MR) is 74.3 cm³/mol. The predicted octanol–water partition coefficient (Wildman–Crippen LogP) is 3.08. The molecular formula is C15H24N2. The molecule has 1 aromatic carbocycles. The quantitative estimate of drug-likeness (QED) is 0.867. The standard InChI is InChI=1S/C15H24N2/c1-11(2)14-8-5-9-17(14)15-12(3)6-4-7-13(15)10-16/h4,6-7,11,14H,5,8-10,16H2,1-3H3. The SMILES string of the molecule is Cc1cccc(CN)c1N1CCCC1C(C)C. The van der Waals surface area contributed by atoms with Gasteiger partial charge in [0.15, 0.2) is 0 Å². The third kappa shape index (κ3) is 2.32. The number of hydrogen-bond donors (Lipinski definition) is 1. The van der Waals surface area contributed by atoms with E-state index in [2.05, 4.69) is 43.9 Å². The topological polar surface area (TPSA) is 29.3 Å². The molecule has 0 saturated carbocycles. The highest BCUT2D eigenvalue weighted by atomic mass is 15.2. The first kappa shape index (κ1) is 12.4. The van der Waals surface area contributed by atoms with Crippen LogP contribution in [0.2, 0.25) is 0 Å². The fourth-order valence-corrected chi connectivity index (χ4v) is 3.06. The Morgan fingerprint density at radius 3 is 2.82 bits per heavy atom. The van der Waals surface area contributed by atoms with Crippen molar-refractivity contribution in [2.45, 2.75) is 46.2 Å². The summed E-state index contributed by atoms with van der Waals surface area (Å²) in [6, 6.07) is 7.16. The summed E-state index contributed by atoms with van der Waals surface area (Å²) in [6.45, 7) is 8.66. The van der Waals surface area contributed by atoms with Crippen molar-refractivity contribution in [3.05, 3.63) is 29.3 Å². The first-order valence-corrected chi connectivity index (χ1v) is 6.70. The van der Waals surface area contributed by atoms with Gasteiger partial charge in [0.1, 0.15) is 0 Å². The van der Waals surface area contributed by atoms with Crippen LogP contribution < -0.4 is 10.6 Å². The van der Waals surface area contributed by atoms with Crippen LogP contribution in [0, 0.1) is 12.8 Å². The molecular weight excluding hydrogens is 208 g/mol. The van der Waals surface area contributed by atoms with Gasteiger partial charge in [-0.25, -0.2) is 0 Å². The van der Waals surface area contributed by atoms with Gasteiger partial charge in [0, 0.05) is 24.8 Å². The molecule has 2 N–H and O–H groups in total. The van der Waals surface area contributed by atoms with E-state index >= 15 is 0 Å². The average molecular weight is 232 g/mol. The summed E-state index contributed by atoms with van der Waals surface area (Å²) in [5.74, 6) is 0.711. The third-order valence-electron chi connectivity index (χ3n) is 3.90. The minimum absolute atomic E-state index is 0.637. The maximum atomic E-state index is 5.88.